The van der Waals surface area contributed by atoms with Gasteiger partial charge in [-0.05, 0) is 146 Å². The van der Waals surface area contributed by atoms with Crippen LogP contribution < -0.4 is 4.74 Å². The number of fused-ring (bicyclic) bond motifs is 1. The topological polar surface area (TPSA) is 44.8 Å². The second kappa shape index (κ2) is 12.2. The lowest BCUT2D eigenvalue weighted by Crippen LogP contribution is -2.17. The van der Waals surface area contributed by atoms with Crippen molar-refractivity contribution in [3.8, 4) is 16.9 Å². The minimum absolute atomic E-state index is 0.0863. The Morgan fingerprint density at radius 1 is 0.976 bits per heavy atom. The fourth-order valence-electron chi connectivity index (χ4n) is 7.72. The van der Waals surface area contributed by atoms with Crippen LogP contribution in [0, 0.1) is 32.1 Å². The Hall–Kier alpha value is -3.11. The molecule has 1 saturated heterocycles. The van der Waals surface area contributed by atoms with E-state index in [9.17, 15) is 4.79 Å². The van der Waals surface area contributed by atoms with Crippen LogP contribution >= 0.6 is 0 Å². The summed E-state index contributed by atoms with van der Waals surface area (Å²) >= 11 is 0. The predicted molar refractivity (Wildman–Crippen MR) is 168 cm³/mol. The molecule has 1 unspecified atom stereocenters. The summed E-state index contributed by atoms with van der Waals surface area (Å²) in [7, 11) is 1.50. The third kappa shape index (κ3) is 6.01. The molecule has 222 valence electrons. The molecule has 0 radical (unpaired) electrons. The van der Waals surface area contributed by atoms with Crippen molar-refractivity contribution in [3.63, 3.8) is 0 Å². The molecule has 1 spiro atoms. The molecular formula is C38H46O4. The fourth-order valence-corrected chi connectivity index (χ4v) is 7.72. The summed E-state index contributed by atoms with van der Waals surface area (Å²) in [4.78, 5) is 12.1. The number of carbonyl (C=O) groups is 1. The number of rotatable bonds is 10. The Labute approximate surface area is 251 Å². The maximum atomic E-state index is 12.1. The number of carbonyl (C=O) groups excluding carboxylic acids is 1. The Kier molecular flexibility index (Phi) is 8.45. The smallest absolute Gasteiger partial charge is 0.306 e. The predicted octanol–water partition coefficient (Wildman–Crippen LogP) is 8.24. The van der Waals surface area contributed by atoms with Crippen LogP contribution in [0.5, 0.6) is 5.75 Å². The van der Waals surface area contributed by atoms with E-state index in [0.717, 1.165) is 70.0 Å². The lowest BCUT2D eigenvalue weighted by Gasteiger charge is -2.22. The van der Waals surface area contributed by atoms with Crippen LogP contribution in [-0.4, -0.2) is 32.9 Å². The maximum absolute atomic E-state index is 12.1. The van der Waals surface area contributed by atoms with Gasteiger partial charge in [-0.25, -0.2) is 0 Å². The number of aryl methyl sites for hydroxylation is 4. The van der Waals surface area contributed by atoms with E-state index in [4.69, 9.17) is 14.2 Å². The normalized spacial score (nSPS) is 19.1. The van der Waals surface area contributed by atoms with Gasteiger partial charge in [0.05, 0.1) is 20.1 Å². The van der Waals surface area contributed by atoms with Crippen LogP contribution in [0.15, 0.2) is 48.5 Å². The molecule has 3 aromatic carbocycles. The van der Waals surface area contributed by atoms with E-state index >= 15 is 0 Å². The van der Waals surface area contributed by atoms with Gasteiger partial charge in [-0.2, -0.15) is 0 Å². The zero-order valence-electron chi connectivity index (χ0n) is 25.9. The molecule has 0 bridgehead atoms. The number of esters is 1. The lowest BCUT2D eigenvalue weighted by atomic mass is 9.86. The van der Waals surface area contributed by atoms with Crippen LogP contribution in [0.3, 0.4) is 0 Å². The van der Waals surface area contributed by atoms with Crippen molar-refractivity contribution in [2.24, 2.45) is 11.3 Å². The van der Waals surface area contributed by atoms with Gasteiger partial charge in [0.15, 0.2) is 0 Å². The Morgan fingerprint density at radius 3 is 2.45 bits per heavy atom. The number of methoxy groups -OCH3 is 1. The summed E-state index contributed by atoms with van der Waals surface area (Å²) in [6.45, 7) is 9.26. The summed E-state index contributed by atoms with van der Waals surface area (Å²) in [5, 5.41) is 0. The number of hydrogen-bond donors (Lipinski definition) is 0. The molecule has 1 saturated carbocycles. The standard InChI is InChI=1S/C38H46O4/c1-25-20-32(42-19-14-28-12-17-41-18-13-28)21-26(2)37(25)33-7-5-6-30(27(33)3)10-8-29-9-11-34-31(22-29)24-38(15-16-38)35(34)23-36(39)40-4/h5-7,9,11,20-22,28,35H,8,10,12-19,23-24H2,1-4H3. The zero-order chi connectivity index (χ0) is 29.3. The number of ether oxygens (including phenoxy) is 3. The van der Waals surface area contributed by atoms with Gasteiger partial charge in [-0.15, -0.1) is 0 Å². The average Bonchev–Trinajstić information content (AvgIpc) is 3.70. The molecule has 2 aliphatic carbocycles. The highest BCUT2D eigenvalue weighted by molar-refractivity contribution is 5.75. The summed E-state index contributed by atoms with van der Waals surface area (Å²) in [6.07, 6.45) is 9.52. The van der Waals surface area contributed by atoms with Gasteiger partial charge in [-0.1, -0.05) is 36.4 Å². The van der Waals surface area contributed by atoms with Crippen LogP contribution in [0.25, 0.3) is 11.1 Å². The monoisotopic (exact) mass is 566 g/mol. The SMILES string of the molecule is COC(=O)CC1c2ccc(CCc3cccc(-c4c(C)cc(OCCC5CCOCC5)cc4C)c3C)cc2CC12CC2. The molecule has 0 amide bonds. The first kappa shape index (κ1) is 29.0. The van der Waals surface area contributed by atoms with E-state index in [0.29, 0.717) is 17.8 Å². The molecule has 1 aliphatic heterocycles. The van der Waals surface area contributed by atoms with Crippen molar-refractivity contribution in [1.29, 1.82) is 0 Å². The highest BCUT2D eigenvalue weighted by Gasteiger charge is 2.54. The van der Waals surface area contributed by atoms with Crippen molar-refractivity contribution < 1.29 is 19.0 Å². The first-order valence-electron chi connectivity index (χ1n) is 16.0. The van der Waals surface area contributed by atoms with E-state index in [2.05, 4.69) is 69.3 Å². The molecule has 4 nitrogen and oxygen atoms in total. The Morgan fingerprint density at radius 2 is 1.74 bits per heavy atom. The minimum atomic E-state index is -0.0863. The first-order chi connectivity index (χ1) is 20.4. The third-order valence-electron chi connectivity index (χ3n) is 10.4. The van der Waals surface area contributed by atoms with Gasteiger partial charge in [0, 0.05) is 19.1 Å². The summed E-state index contributed by atoms with van der Waals surface area (Å²) < 4.78 is 16.7. The zero-order valence-corrected chi connectivity index (χ0v) is 25.9. The highest BCUT2D eigenvalue weighted by atomic mass is 16.5. The van der Waals surface area contributed by atoms with E-state index in [1.54, 1.807) is 0 Å². The van der Waals surface area contributed by atoms with E-state index in [-0.39, 0.29) is 5.97 Å². The quantitative estimate of drug-likeness (QED) is 0.232. The van der Waals surface area contributed by atoms with E-state index in [1.165, 1.54) is 70.0 Å². The molecule has 2 fully saturated rings. The molecule has 4 heteroatoms. The van der Waals surface area contributed by atoms with Crippen LogP contribution in [-0.2, 0) is 33.5 Å². The molecular weight excluding hydrogens is 520 g/mol. The fraction of sp³-hybridized carbons (Fsp3) is 0.500. The van der Waals surface area contributed by atoms with Gasteiger partial charge in [-0.3, -0.25) is 4.79 Å². The average molecular weight is 567 g/mol. The molecule has 0 N–H and O–H groups in total. The highest BCUT2D eigenvalue weighted by Crippen LogP contribution is 2.64. The summed E-state index contributed by atoms with van der Waals surface area (Å²) in [5.41, 5.74) is 12.5. The molecule has 0 aromatic heterocycles. The Balaban J connectivity index is 1.13. The van der Waals surface area contributed by atoms with Crippen LogP contribution in [0.2, 0.25) is 0 Å². The van der Waals surface area contributed by atoms with E-state index < -0.39 is 0 Å². The molecule has 3 aliphatic rings. The number of benzene rings is 3. The van der Waals surface area contributed by atoms with Gasteiger partial charge >= 0.3 is 5.97 Å². The third-order valence-corrected chi connectivity index (χ3v) is 10.4. The van der Waals surface area contributed by atoms with Crippen molar-refractivity contribution >= 4 is 5.97 Å². The molecule has 1 heterocycles. The molecule has 42 heavy (non-hydrogen) atoms. The van der Waals surface area contributed by atoms with Crippen molar-refractivity contribution in [2.75, 3.05) is 26.9 Å². The van der Waals surface area contributed by atoms with Gasteiger partial charge < -0.3 is 14.2 Å². The van der Waals surface area contributed by atoms with Crippen LogP contribution in [0.1, 0.15) is 83.4 Å². The van der Waals surface area contributed by atoms with Gasteiger partial charge in [0.2, 0.25) is 0 Å². The van der Waals surface area contributed by atoms with Crippen molar-refractivity contribution in [2.45, 2.75) is 84.5 Å². The minimum Gasteiger partial charge on any atom is -0.494 e. The van der Waals surface area contributed by atoms with Crippen LogP contribution in [0.4, 0.5) is 0 Å². The first-order valence-corrected chi connectivity index (χ1v) is 16.0. The van der Waals surface area contributed by atoms with Gasteiger partial charge in [0.1, 0.15) is 5.75 Å². The summed E-state index contributed by atoms with van der Waals surface area (Å²) in [5.74, 6) is 1.94. The largest absolute Gasteiger partial charge is 0.494 e. The molecule has 3 aromatic rings. The Bertz CT molecular complexity index is 1420. The van der Waals surface area contributed by atoms with Gasteiger partial charge in [0.25, 0.3) is 0 Å². The molecule has 1 atom stereocenters. The molecule has 6 rings (SSSR count). The maximum Gasteiger partial charge on any atom is 0.306 e. The van der Waals surface area contributed by atoms with Crippen molar-refractivity contribution in [3.05, 3.63) is 87.5 Å². The summed E-state index contributed by atoms with van der Waals surface area (Å²) in [6, 6.07) is 18.2. The second-order valence-corrected chi connectivity index (χ2v) is 13.1. The van der Waals surface area contributed by atoms with E-state index in [1.807, 2.05) is 0 Å². The van der Waals surface area contributed by atoms with Crippen molar-refractivity contribution in [1.82, 2.24) is 0 Å². The lowest BCUT2D eigenvalue weighted by molar-refractivity contribution is -0.141. The second-order valence-electron chi connectivity index (χ2n) is 13.1. The number of hydrogen-bond acceptors (Lipinski definition) is 4.